The summed E-state index contributed by atoms with van der Waals surface area (Å²) < 4.78 is 0. The number of anilines is 1. The first kappa shape index (κ1) is 16.1. The van der Waals surface area contributed by atoms with Crippen molar-refractivity contribution in [2.24, 2.45) is 0 Å². The molecule has 0 aliphatic rings. The average Bonchev–Trinajstić information content (AvgIpc) is 2.82. The normalized spacial score (nSPS) is 11.2. The molecule has 0 unspecified atom stereocenters. The maximum atomic E-state index is 11.8. The molecule has 0 bridgehead atoms. The largest absolute Gasteiger partial charge is 0.480 e. The van der Waals surface area contributed by atoms with Gasteiger partial charge in [0, 0.05) is 13.0 Å². The third-order valence-electron chi connectivity index (χ3n) is 3.19. The highest BCUT2D eigenvalue weighted by Gasteiger charge is 2.31. The molecule has 1 aromatic heterocycles. The van der Waals surface area contributed by atoms with Crippen LogP contribution < -0.4 is 5.32 Å². The second kappa shape index (κ2) is 6.50. The van der Waals surface area contributed by atoms with Crippen LogP contribution >= 0.6 is 11.3 Å². The third kappa shape index (κ3) is 3.79. The van der Waals surface area contributed by atoms with Gasteiger partial charge in [-0.1, -0.05) is 0 Å². The van der Waals surface area contributed by atoms with Crippen LogP contribution in [-0.4, -0.2) is 41.0 Å². The molecule has 0 saturated heterocycles. The predicted octanol–water partition coefficient (Wildman–Crippen LogP) is 1.74. The number of carboxylic acids is 1. The Bertz CT molecular complexity index is 545. The summed E-state index contributed by atoms with van der Waals surface area (Å²) in [7, 11) is 1.66. The number of thiophene rings is 1. The summed E-state index contributed by atoms with van der Waals surface area (Å²) in [5.41, 5.74) is -0.594. The summed E-state index contributed by atoms with van der Waals surface area (Å²) in [5.74, 6) is -1.18. The van der Waals surface area contributed by atoms with E-state index in [0.29, 0.717) is 17.1 Å². The van der Waals surface area contributed by atoms with Crippen LogP contribution in [-0.2, 0) is 9.59 Å². The molecule has 0 spiro atoms. The lowest BCUT2D eigenvalue weighted by molar-refractivity contribution is -0.148. The zero-order valence-corrected chi connectivity index (χ0v) is 12.5. The van der Waals surface area contributed by atoms with Crippen molar-refractivity contribution in [3.63, 3.8) is 0 Å². The van der Waals surface area contributed by atoms with Crippen molar-refractivity contribution in [3.8, 4) is 6.07 Å². The number of aliphatic carboxylic acids is 1. The maximum absolute atomic E-state index is 11.8. The molecule has 0 radical (unpaired) electrons. The lowest BCUT2D eigenvalue weighted by Crippen LogP contribution is -2.48. The number of amides is 1. The Kier molecular flexibility index (Phi) is 5.25. The summed E-state index contributed by atoms with van der Waals surface area (Å²) in [5, 5.41) is 22.8. The van der Waals surface area contributed by atoms with Gasteiger partial charge in [-0.2, -0.15) is 5.26 Å². The number of nitriles is 1. The monoisotopic (exact) mass is 295 g/mol. The van der Waals surface area contributed by atoms with Crippen molar-refractivity contribution in [1.29, 1.82) is 5.26 Å². The van der Waals surface area contributed by atoms with E-state index in [-0.39, 0.29) is 12.3 Å². The number of hydrogen-bond acceptors (Lipinski definition) is 5. The second-order valence-electron chi connectivity index (χ2n) is 4.86. The quantitative estimate of drug-likeness (QED) is 0.834. The van der Waals surface area contributed by atoms with Gasteiger partial charge in [0.1, 0.15) is 16.6 Å². The summed E-state index contributed by atoms with van der Waals surface area (Å²) in [6, 6.07) is 3.63. The van der Waals surface area contributed by atoms with Gasteiger partial charge in [-0.15, -0.1) is 11.3 Å². The van der Waals surface area contributed by atoms with E-state index in [1.54, 1.807) is 37.2 Å². The first-order valence-electron chi connectivity index (χ1n) is 6.01. The van der Waals surface area contributed by atoms with Crippen LogP contribution in [0.5, 0.6) is 0 Å². The van der Waals surface area contributed by atoms with Crippen LogP contribution in [0.15, 0.2) is 11.4 Å². The molecule has 6 nitrogen and oxygen atoms in total. The van der Waals surface area contributed by atoms with E-state index in [2.05, 4.69) is 5.32 Å². The number of carbonyl (C=O) groups excluding carboxylic acids is 1. The Morgan fingerprint density at radius 3 is 2.75 bits per heavy atom. The molecule has 20 heavy (non-hydrogen) atoms. The van der Waals surface area contributed by atoms with E-state index in [0.717, 1.165) is 0 Å². The molecule has 0 saturated carbocycles. The molecule has 1 amide bonds. The van der Waals surface area contributed by atoms with Gasteiger partial charge in [0.2, 0.25) is 5.91 Å². The van der Waals surface area contributed by atoms with Gasteiger partial charge in [-0.3, -0.25) is 14.5 Å². The van der Waals surface area contributed by atoms with Crippen LogP contribution in [0, 0.1) is 11.3 Å². The number of nitrogens with zero attached hydrogens (tertiary/aromatic N) is 2. The molecule has 0 aliphatic heterocycles. The number of carbonyl (C=O) groups is 2. The highest BCUT2D eigenvalue weighted by atomic mass is 32.1. The first-order valence-corrected chi connectivity index (χ1v) is 6.89. The molecule has 7 heteroatoms. The van der Waals surface area contributed by atoms with Gasteiger partial charge >= 0.3 is 5.97 Å². The average molecular weight is 295 g/mol. The van der Waals surface area contributed by atoms with Crippen LogP contribution in [0.2, 0.25) is 0 Å². The van der Waals surface area contributed by atoms with Crippen LogP contribution in [0.1, 0.15) is 25.8 Å². The smallest absolute Gasteiger partial charge is 0.323 e. The standard InChI is InChI=1S/C13H17N3O3S/c1-13(2,12(18)19)16(3)6-4-10(17)15-11-9(8-14)5-7-20-11/h5,7H,4,6H2,1-3H3,(H,15,17)(H,18,19). The Morgan fingerprint density at radius 1 is 1.55 bits per heavy atom. The van der Waals surface area contributed by atoms with Crippen molar-refractivity contribution in [1.82, 2.24) is 4.90 Å². The summed E-state index contributed by atoms with van der Waals surface area (Å²) in [6.45, 7) is 3.49. The Morgan fingerprint density at radius 2 is 2.20 bits per heavy atom. The first-order chi connectivity index (χ1) is 9.28. The molecule has 108 valence electrons. The molecule has 0 atom stereocenters. The lowest BCUT2D eigenvalue weighted by atomic mass is 10.0. The molecule has 2 N–H and O–H groups in total. The predicted molar refractivity (Wildman–Crippen MR) is 76.6 cm³/mol. The molecular weight excluding hydrogens is 278 g/mol. The van der Waals surface area contributed by atoms with E-state index in [1.807, 2.05) is 6.07 Å². The van der Waals surface area contributed by atoms with E-state index < -0.39 is 11.5 Å². The minimum Gasteiger partial charge on any atom is -0.480 e. The molecular formula is C13H17N3O3S. The SMILES string of the molecule is CN(CCC(=O)Nc1sccc1C#N)C(C)(C)C(=O)O. The summed E-state index contributed by atoms with van der Waals surface area (Å²) in [4.78, 5) is 24.5. The van der Waals surface area contributed by atoms with Gasteiger partial charge in [0.25, 0.3) is 0 Å². The van der Waals surface area contributed by atoms with Crippen molar-refractivity contribution < 1.29 is 14.7 Å². The minimum atomic E-state index is -1.03. The lowest BCUT2D eigenvalue weighted by Gasteiger charge is -2.31. The summed E-state index contributed by atoms with van der Waals surface area (Å²) in [6.07, 6.45) is 0.163. The van der Waals surface area contributed by atoms with E-state index in [9.17, 15) is 9.59 Å². The summed E-state index contributed by atoms with van der Waals surface area (Å²) >= 11 is 1.28. The highest BCUT2D eigenvalue weighted by Crippen LogP contribution is 2.22. The van der Waals surface area contributed by atoms with Gasteiger partial charge < -0.3 is 10.4 Å². The topological polar surface area (TPSA) is 93.4 Å². The fraction of sp³-hybridized carbons (Fsp3) is 0.462. The number of carboxylic acid groups (broad SMARTS) is 1. The second-order valence-corrected chi connectivity index (χ2v) is 5.78. The van der Waals surface area contributed by atoms with E-state index in [1.165, 1.54) is 11.3 Å². The number of likely N-dealkylation sites (N-methyl/N-ethyl adjacent to an activating group) is 1. The van der Waals surface area contributed by atoms with Gasteiger partial charge in [-0.05, 0) is 32.3 Å². The number of rotatable bonds is 6. The number of nitrogens with one attached hydrogen (secondary N) is 1. The molecule has 1 heterocycles. The van der Waals surface area contributed by atoms with Crippen LogP contribution in [0.25, 0.3) is 0 Å². The fourth-order valence-electron chi connectivity index (χ4n) is 1.40. The van der Waals surface area contributed by atoms with Crippen molar-refractivity contribution in [2.75, 3.05) is 18.9 Å². The van der Waals surface area contributed by atoms with Crippen molar-refractivity contribution in [3.05, 3.63) is 17.0 Å². The molecule has 0 fully saturated rings. The van der Waals surface area contributed by atoms with Crippen LogP contribution in [0.4, 0.5) is 5.00 Å². The van der Waals surface area contributed by atoms with E-state index in [4.69, 9.17) is 10.4 Å². The molecule has 1 rings (SSSR count). The third-order valence-corrected chi connectivity index (χ3v) is 4.02. The number of hydrogen-bond donors (Lipinski definition) is 2. The Labute approximate surface area is 121 Å². The van der Waals surface area contributed by atoms with Gasteiger partial charge in [0.15, 0.2) is 0 Å². The van der Waals surface area contributed by atoms with Gasteiger partial charge in [-0.25, -0.2) is 0 Å². The Hall–Kier alpha value is -1.91. The molecule has 0 aliphatic carbocycles. The highest BCUT2D eigenvalue weighted by molar-refractivity contribution is 7.14. The van der Waals surface area contributed by atoms with E-state index >= 15 is 0 Å². The maximum Gasteiger partial charge on any atom is 0.323 e. The zero-order valence-electron chi connectivity index (χ0n) is 11.6. The molecule has 0 aromatic carbocycles. The fourth-order valence-corrected chi connectivity index (χ4v) is 2.15. The van der Waals surface area contributed by atoms with Crippen molar-refractivity contribution in [2.45, 2.75) is 25.8 Å². The Balaban J connectivity index is 2.53. The van der Waals surface area contributed by atoms with Crippen LogP contribution in [0.3, 0.4) is 0 Å². The van der Waals surface area contributed by atoms with Crippen molar-refractivity contribution >= 4 is 28.2 Å². The zero-order chi connectivity index (χ0) is 15.3. The molecule has 1 aromatic rings. The minimum absolute atomic E-state index is 0.163. The van der Waals surface area contributed by atoms with Gasteiger partial charge in [0.05, 0.1) is 5.56 Å².